The van der Waals surface area contributed by atoms with Crippen LogP contribution in [0.2, 0.25) is 0 Å². The molecule has 0 unspecified atom stereocenters. The van der Waals surface area contributed by atoms with E-state index in [-0.39, 0.29) is 0 Å². The molecule has 0 amide bonds. The molecule has 110 valence electrons. The van der Waals surface area contributed by atoms with Gasteiger partial charge in [-0.05, 0) is 64.5 Å². The molecule has 3 rings (SSSR count). The van der Waals surface area contributed by atoms with Crippen molar-refractivity contribution >= 4 is 21.7 Å². The fraction of sp³-hybridized carbons (Fsp3) is 0.353. The highest BCUT2D eigenvalue weighted by molar-refractivity contribution is 9.10. The van der Waals surface area contributed by atoms with E-state index >= 15 is 0 Å². The van der Waals surface area contributed by atoms with Gasteiger partial charge in [0.05, 0.1) is 7.11 Å². The Morgan fingerprint density at radius 1 is 1.29 bits per heavy atom. The van der Waals surface area contributed by atoms with Crippen molar-refractivity contribution in [2.24, 2.45) is 0 Å². The standard InChI is InChI=1S/C17H19BrN2O/c1-20(17-9-6-13(18)11-19-17)14-7-8-15-12(10-14)4-3-5-16(15)21-2/h3-6,9,11,14H,7-8,10H2,1-2H3/t14-/m0/s1. The number of pyridine rings is 1. The molecule has 0 N–H and O–H groups in total. The maximum absolute atomic E-state index is 5.47. The van der Waals surface area contributed by atoms with Crippen LogP contribution in [-0.4, -0.2) is 25.2 Å². The Morgan fingerprint density at radius 2 is 2.14 bits per heavy atom. The molecule has 1 aliphatic rings. The molecule has 1 aromatic heterocycles. The van der Waals surface area contributed by atoms with Crippen LogP contribution >= 0.6 is 15.9 Å². The maximum atomic E-state index is 5.47. The number of rotatable bonds is 3. The minimum Gasteiger partial charge on any atom is -0.496 e. The second-order valence-electron chi connectivity index (χ2n) is 5.44. The molecule has 0 bridgehead atoms. The Morgan fingerprint density at radius 3 is 2.86 bits per heavy atom. The first-order chi connectivity index (χ1) is 10.2. The number of benzene rings is 1. The lowest BCUT2D eigenvalue weighted by molar-refractivity contribution is 0.403. The zero-order valence-corrected chi connectivity index (χ0v) is 13.9. The summed E-state index contributed by atoms with van der Waals surface area (Å²) in [7, 11) is 3.88. The lowest BCUT2D eigenvalue weighted by Crippen LogP contribution is -2.37. The molecule has 0 radical (unpaired) electrons. The number of likely N-dealkylation sites (N-methyl/N-ethyl adjacent to an activating group) is 1. The molecule has 1 aliphatic carbocycles. The van der Waals surface area contributed by atoms with E-state index in [9.17, 15) is 0 Å². The third-order valence-electron chi connectivity index (χ3n) is 4.25. The zero-order chi connectivity index (χ0) is 14.8. The molecule has 3 nitrogen and oxygen atoms in total. The largest absolute Gasteiger partial charge is 0.496 e. The number of hydrogen-bond donors (Lipinski definition) is 0. The number of fused-ring (bicyclic) bond motifs is 1. The van der Waals surface area contributed by atoms with Gasteiger partial charge in [-0.3, -0.25) is 0 Å². The lowest BCUT2D eigenvalue weighted by Gasteiger charge is -2.33. The number of nitrogens with zero attached hydrogens (tertiary/aromatic N) is 2. The summed E-state index contributed by atoms with van der Waals surface area (Å²) in [4.78, 5) is 6.78. The highest BCUT2D eigenvalue weighted by Crippen LogP contribution is 2.32. The number of halogens is 1. The van der Waals surface area contributed by atoms with Crippen molar-refractivity contribution in [3.8, 4) is 5.75 Å². The van der Waals surface area contributed by atoms with Gasteiger partial charge in [-0.1, -0.05) is 12.1 Å². The van der Waals surface area contributed by atoms with Crippen LogP contribution in [0.25, 0.3) is 0 Å². The molecular weight excluding hydrogens is 328 g/mol. The predicted octanol–water partition coefficient (Wildman–Crippen LogP) is 3.85. The van der Waals surface area contributed by atoms with Gasteiger partial charge in [0.15, 0.2) is 0 Å². The molecule has 1 atom stereocenters. The summed E-state index contributed by atoms with van der Waals surface area (Å²) in [5.41, 5.74) is 2.77. The quantitative estimate of drug-likeness (QED) is 0.843. The van der Waals surface area contributed by atoms with Crippen LogP contribution in [0.3, 0.4) is 0 Å². The normalized spacial score (nSPS) is 17.2. The van der Waals surface area contributed by atoms with Crippen LogP contribution in [0.15, 0.2) is 41.0 Å². The molecule has 0 saturated heterocycles. The van der Waals surface area contributed by atoms with Crippen LogP contribution in [0.5, 0.6) is 5.75 Å². The van der Waals surface area contributed by atoms with Gasteiger partial charge < -0.3 is 9.64 Å². The van der Waals surface area contributed by atoms with Gasteiger partial charge in [0.25, 0.3) is 0 Å². The summed E-state index contributed by atoms with van der Waals surface area (Å²) in [5.74, 6) is 2.05. The number of methoxy groups -OCH3 is 1. The number of ether oxygens (including phenoxy) is 1. The highest BCUT2D eigenvalue weighted by Gasteiger charge is 2.24. The van der Waals surface area contributed by atoms with Crippen molar-refractivity contribution in [2.45, 2.75) is 25.3 Å². The van der Waals surface area contributed by atoms with Crippen molar-refractivity contribution in [3.63, 3.8) is 0 Å². The second-order valence-corrected chi connectivity index (χ2v) is 6.36. The molecular formula is C17H19BrN2O. The van der Waals surface area contributed by atoms with E-state index in [4.69, 9.17) is 4.74 Å². The van der Waals surface area contributed by atoms with Crippen molar-refractivity contribution in [2.75, 3.05) is 19.1 Å². The topological polar surface area (TPSA) is 25.4 Å². The van der Waals surface area contributed by atoms with Gasteiger partial charge in [0.2, 0.25) is 0 Å². The van der Waals surface area contributed by atoms with E-state index < -0.39 is 0 Å². The third kappa shape index (κ3) is 2.91. The average molecular weight is 347 g/mol. The predicted molar refractivity (Wildman–Crippen MR) is 89.1 cm³/mol. The van der Waals surface area contributed by atoms with E-state index in [1.807, 2.05) is 12.3 Å². The summed E-state index contributed by atoms with van der Waals surface area (Å²) in [6, 6.07) is 10.9. The van der Waals surface area contributed by atoms with Crippen LogP contribution in [0.1, 0.15) is 17.5 Å². The first-order valence-corrected chi connectivity index (χ1v) is 7.97. The summed E-state index contributed by atoms with van der Waals surface area (Å²) >= 11 is 3.43. The van der Waals surface area contributed by atoms with Crippen molar-refractivity contribution in [1.82, 2.24) is 4.98 Å². The first kappa shape index (κ1) is 14.4. The van der Waals surface area contributed by atoms with Gasteiger partial charge >= 0.3 is 0 Å². The van der Waals surface area contributed by atoms with Gasteiger partial charge in [-0.15, -0.1) is 0 Å². The van der Waals surface area contributed by atoms with E-state index in [0.717, 1.165) is 35.3 Å². The number of hydrogen-bond acceptors (Lipinski definition) is 3. The molecule has 1 aromatic carbocycles. The smallest absolute Gasteiger partial charge is 0.128 e. The summed E-state index contributed by atoms with van der Waals surface area (Å²) in [6.45, 7) is 0. The van der Waals surface area contributed by atoms with Gasteiger partial charge in [-0.25, -0.2) is 4.98 Å². The molecule has 1 heterocycles. The van der Waals surface area contributed by atoms with Crippen LogP contribution in [0.4, 0.5) is 5.82 Å². The van der Waals surface area contributed by atoms with Crippen LogP contribution in [-0.2, 0) is 12.8 Å². The number of anilines is 1. The molecule has 21 heavy (non-hydrogen) atoms. The summed E-state index contributed by atoms with van der Waals surface area (Å²) in [5, 5.41) is 0. The Kier molecular flexibility index (Phi) is 4.15. The fourth-order valence-corrected chi connectivity index (χ4v) is 3.27. The van der Waals surface area contributed by atoms with Gasteiger partial charge in [0, 0.05) is 23.8 Å². The van der Waals surface area contributed by atoms with E-state index in [1.54, 1.807) is 7.11 Å². The minimum absolute atomic E-state index is 0.485. The minimum atomic E-state index is 0.485. The molecule has 0 spiro atoms. The van der Waals surface area contributed by atoms with E-state index in [0.29, 0.717) is 6.04 Å². The monoisotopic (exact) mass is 346 g/mol. The third-order valence-corrected chi connectivity index (χ3v) is 4.72. The van der Waals surface area contributed by atoms with E-state index in [1.165, 1.54) is 11.1 Å². The molecule has 4 heteroatoms. The molecule has 2 aromatic rings. The second kappa shape index (κ2) is 6.06. The maximum Gasteiger partial charge on any atom is 0.128 e. The molecule has 0 fully saturated rings. The van der Waals surface area contributed by atoms with Gasteiger partial charge in [-0.2, -0.15) is 0 Å². The fourth-order valence-electron chi connectivity index (χ4n) is 3.04. The Bertz CT molecular complexity index is 627. The summed E-state index contributed by atoms with van der Waals surface area (Å²) < 4.78 is 6.49. The lowest BCUT2D eigenvalue weighted by atomic mass is 9.87. The highest BCUT2D eigenvalue weighted by atomic mass is 79.9. The Labute approximate surface area is 134 Å². The SMILES string of the molecule is COc1cccc2c1CC[C@H](N(C)c1ccc(Br)cn1)C2. The molecule has 0 aliphatic heterocycles. The van der Waals surface area contributed by atoms with E-state index in [2.05, 4.69) is 57.1 Å². The van der Waals surface area contributed by atoms with Gasteiger partial charge in [0.1, 0.15) is 11.6 Å². The summed E-state index contributed by atoms with van der Waals surface area (Å²) in [6.07, 6.45) is 5.08. The van der Waals surface area contributed by atoms with Crippen LogP contribution in [0, 0.1) is 0 Å². The average Bonchev–Trinajstić information content (AvgIpc) is 2.53. The molecule has 0 saturated carbocycles. The van der Waals surface area contributed by atoms with Crippen molar-refractivity contribution in [3.05, 3.63) is 52.1 Å². The number of aromatic nitrogens is 1. The van der Waals surface area contributed by atoms with Crippen molar-refractivity contribution in [1.29, 1.82) is 0 Å². The Balaban J connectivity index is 1.81. The zero-order valence-electron chi connectivity index (χ0n) is 12.3. The first-order valence-electron chi connectivity index (χ1n) is 7.18. The Hall–Kier alpha value is -1.55. The van der Waals surface area contributed by atoms with Crippen LogP contribution < -0.4 is 9.64 Å². The van der Waals surface area contributed by atoms with Crippen molar-refractivity contribution < 1.29 is 4.74 Å².